The normalized spacial score (nSPS) is 11.8. The second-order valence-corrected chi connectivity index (χ2v) is 6.26. The first-order valence-electron chi connectivity index (χ1n) is 7.53. The molecule has 0 unspecified atom stereocenters. The van der Waals surface area contributed by atoms with Crippen LogP contribution in [-0.4, -0.2) is 16.1 Å². The van der Waals surface area contributed by atoms with Crippen molar-refractivity contribution in [3.8, 4) is 6.07 Å². The SMILES string of the molecule is CC[C@H](Sc1nc2ccccc2o1)C(=O)Nc1ccccc1C#N. The predicted molar refractivity (Wildman–Crippen MR) is 93.7 cm³/mol. The molecule has 120 valence electrons. The quantitative estimate of drug-likeness (QED) is 0.706. The number of carbonyl (C=O) groups excluding carboxylic acids is 1. The van der Waals surface area contributed by atoms with E-state index in [0.29, 0.717) is 28.5 Å². The summed E-state index contributed by atoms with van der Waals surface area (Å²) in [6, 6.07) is 16.5. The number of nitrogens with one attached hydrogen (secondary N) is 1. The molecule has 0 aliphatic heterocycles. The van der Waals surface area contributed by atoms with E-state index in [0.717, 1.165) is 5.52 Å². The molecular weight excluding hydrogens is 322 g/mol. The standard InChI is InChI=1S/C18H15N3O2S/c1-2-16(17(22)20-13-8-4-3-7-12(13)11-19)24-18-21-14-9-5-6-10-15(14)23-18/h3-10,16H,2H2,1H3,(H,20,22)/t16-/m0/s1. The molecule has 1 heterocycles. The van der Waals surface area contributed by atoms with E-state index in [1.807, 2.05) is 31.2 Å². The summed E-state index contributed by atoms with van der Waals surface area (Å²) in [5.74, 6) is -0.174. The van der Waals surface area contributed by atoms with Crippen LogP contribution >= 0.6 is 11.8 Å². The summed E-state index contributed by atoms with van der Waals surface area (Å²) < 4.78 is 5.67. The zero-order chi connectivity index (χ0) is 16.9. The topological polar surface area (TPSA) is 78.9 Å². The molecule has 0 aliphatic rings. The lowest BCUT2D eigenvalue weighted by atomic mass is 10.2. The highest BCUT2D eigenvalue weighted by atomic mass is 32.2. The number of oxazole rings is 1. The number of para-hydroxylation sites is 3. The van der Waals surface area contributed by atoms with E-state index >= 15 is 0 Å². The fourth-order valence-corrected chi connectivity index (χ4v) is 3.11. The molecule has 0 spiro atoms. The van der Waals surface area contributed by atoms with Crippen molar-refractivity contribution in [2.45, 2.75) is 23.8 Å². The number of hydrogen-bond donors (Lipinski definition) is 1. The second-order valence-electron chi connectivity index (χ2n) is 5.11. The molecule has 0 saturated heterocycles. The predicted octanol–water partition coefficient (Wildman–Crippen LogP) is 4.21. The number of amides is 1. The molecule has 6 heteroatoms. The average molecular weight is 337 g/mol. The van der Waals surface area contributed by atoms with Gasteiger partial charge in [0.1, 0.15) is 11.6 Å². The van der Waals surface area contributed by atoms with Gasteiger partial charge in [0.05, 0.1) is 16.5 Å². The van der Waals surface area contributed by atoms with Crippen molar-refractivity contribution in [1.82, 2.24) is 4.98 Å². The summed E-state index contributed by atoms with van der Waals surface area (Å²) in [6.07, 6.45) is 0.615. The van der Waals surface area contributed by atoms with Crippen molar-refractivity contribution in [3.63, 3.8) is 0 Å². The van der Waals surface area contributed by atoms with Crippen molar-refractivity contribution < 1.29 is 9.21 Å². The van der Waals surface area contributed by atoms with Gasteiger partial charge in [-0.1, -0.05) is 43.0 Å². The highest BCUT2D eigenvalue weighted by Gasteiger charge is 2.21. The first kappa shape index (κ1) is 16.1. The monoisotopic (exact) mass is 337 g/mol. The highest BCUT2D eigenvalue weighted by Crippen LogP contribution is 2.29. The fraction of sp³-hybridized carbons (Fsp3) is 0.167. The molecule has 5 nitrogen and oxygen atoms in total. The van der Waals surface area contributed by atoms with Crippen LogP contribution in [0.4, 0.5) is 5.69 Å². The molecule has 1 amide bonds. The first-order chi connectivity index (χ1) is 11.7. The Morgan fingerprint density at radius 2 is 2.04 bits per heavy atom. The number of nitrogens with zero attached hydrogens (tertiary/aromatic N) is 2. The van der Waals surface area contributed by atoms with Gasteiger partial charge in [-0.3, -0.25) is 4.79 Å². The second kappa shape index (κ2) is 7.20. The van der Waals surface area contributed by atoms with E-state index in [2.05, 4.69) is 16.4 Å². The number of nitriles is 1. The number of fused-ring (bicyclic) bond motifs is 1. The first-order valence-corrected chi connectivity index (χ1v) is 8.41. The van der Waals surface area contributed by atoms with E-state index in [4.69, 9.17) is 9.68 Å². The smallest absolute Gasteiger partial charge is 0.257 e. The van der Waals surface area contributed by atoms with Crippen LogP contribution in [0.25, 0.3) is 11.1 Å². The molecule has 0 saturated carbocycles. The number of thioether (sulfide) groups is 1. The van der Waals surface area contributed by atoms with Gasteiger partial charge in [0.2, 0.25) is 5.91 Å². The largest absolute Gasteiger partial charge is 0.431 e. The van der Waals surface area contributed by atoms with Crippen molar-refractivity contribution >= 4 is 34.5 Å². The Bertz CT molecular complexity index is 881. The van der Waals surface area contributed by atoms with Gasteiger partial charge in [0.25, 0.3) is 5.22 Å². The molecule has 0 fully saturated rings. The molecule has 2 aromatic carbocycles. The number of rotatable bonds is 5. The Hall–Kier alpha value is -2.78. The lowest BCUT2D eigenvalue weighted by molar-refractivity contribution is -0.115. The van der Waals surface area contributed by atoms with E-state index in [1.165, 1.54) is 11.8 Å². The Labute approximate surface area is 143 Å². The van der Waals surface area contributed by atoms with E-state index in [1.54, 1.807) is 24.3 Å². The lowest BCUT2D eigenvalue weighted by Crippen LogP contribution is -2.25. The van der Waals surface area contributed by atoms with E-state index < -0.39 is 0 Å². The van der Waals surface area contributed by atoms with Crippen LogP contribution in [0.1, 0.15) is 18.9 Å². The van der Waals surface area contributed by atoms with Crippen LogP contribution in [0.3, 0.4) is 0 Å². The van der Waals surface area contributed by atoms with Crippen molar-refractivity contribution in [1.29, 1.82) is 5.26 Å². The zero-order valence-corrected chi connectivity index (χ0v) is 13.8. The lowest BCUT2D eigenvalue weighted by Gasteiger charge is -2.13. The third-order valence-electron chi connectivity index (χ3n) is 3.49. The number of carbonyl (C=O) groups is 1. The molecular formula is C18H15N3O2S. The van der Waals surface area contributed by atoms with Gasteiger partial charge >= 0.3 is 0 Å². The van der Waals surface area contributed by atoms with Gasteiger partial charge in [0.15, 0.2) is 5.58 Å². The minimum absolute atomic E-state index is 0.174. The third kappa shape index (κ3) is 3.42. The van der Waals surface area contributed by atoms with E-state index in [-0.39, 0.29) is 11.2 Å². The van der Waals surface area contributed by atoms with Crippen LogP contribution in [0.15, 0.2) is 58.2 Å². The molecule has 0 radical (unpaired) electrons. The molecule has 1 aromatic heterocycles. The van der Waals surface area contributed by atoms with Crippen LogP contribution in [0.5, 0.6) is 0 Å². The summed E-state index contributed by atoms with van der Waals surface area (Å²) in [5.41, 5.74) is 2.42. The summed E-state index contributed by atoms with van der Waals surface area (Å²) in [4.78, 5) is 16.9. The van der Waals surface area contributed by atoms with Gasteiger partial charge in [-0.05, 0) is 30.7 Å². The number of anilines is 1. The Kier molecular flexibility index (Phi) is 4.82. The number of aromatic nitrogens is 1. The summed E-state index contributed by atoms with van der Waals surface area (Å²) in [5, 5.41) is 12.0. The van der Waals surface area contributed by atoms with Gasteiger partial charge in [-0.2, -0.15) is 5.26 Å². The molecule has 3 rings (SSSR count). The van der Waals surface area contributed by atoms with Gasteiger partial charge in [0, 0.05) is 0 Å². The maximum atomic E-state index is 12.5. The van der Waals surface area contributed by atoms with Gasteiger partial charge in [-0.25, -0.2) is 4.98 Å². The molecule has 1 N–H and O–H groups in total. The van der Waals surface area contributed by atoms with Crippen LogP contribution in [0, 0.1) is 11.3 Å². The van der Waals surface area contributed by atoms with E-state index in [9.17, 15) is 4.79 Å². The summed E-state index contributed by atoms with van der Waals surface area (Å²) >= 11 is 1.28. The van der Waals surface area contributed by atoms with Crippen LogP contribution < -0.4 is 5.32 Å². The molecule has 1 atom stereocenters. The van der Waals surface area contributed by atoms with Crippen LogP contribution in [0.2, 0.25) is 0 Å². The Morgan fingerprint density at radius 1 is 1.29 bits per heavy atom. The molecule has 3 aromatic rings. The minimum atomic E-state index is -0.357. The summed E-state index contributed by atoms with van der Waals surface area (Å²) in [6.45, 7) is 1.93. The molecule has 0 aliphatic carbocycles. The fourth-order valence-electron chi connectivity index (χ4n) is 2.25. The number of benzene rings is 2. The summed E-state index contributed by atoms with van der Waals surface area (Å²) in [7, 11) is 0. The van der Waals surface area contributed by atoms with Gasteiger partial charge < -0.3 is 9.73 Å². The van der Waals surface area contributed by atoms with Crippen molar-refractivity contribution in [3.05, 3.63) is 54.1 Å². The van der Waals surface area contributed by atoms with Gasteiger partial charge in [-0.15, -0.1) is 0 Å². The minimum Gasteiger partial charge on any atom is -0.431 e. The van der Waals surface area contributed by atoms with Crippen molar-refractivity contribution in [2.24, 2.45) is 0 Å². The Morgan fingerprint density at radius 3 is 2.79 bits per heavy atom. The maximum Gasteiger partial charge on any atom is 0.257 e. The maximum absolute atomic E-state index is 12.5. The Balaban J connectivity index is 1.75. The third-order valence-corrected chi connectivity index (χ3v) is 4.69. The van der Waals surface area contributed by atoms with Crippen LogP contribution in [-0.2, 0) is 4.79 Å². The highest BCUT2D eigenvalue weighted by molar-refractivity contribution is 8.00. The average Bonchev–Trinajstić information content (AvgIpc) is 3.02. The van der Waals surface area contributed by atoms with Crippen molar-refractivity contribution in [2.75, 3.05) is 5.32 Å². The molecule has 24 heavy (non-hydrogen) atoms. The zero-order valence-electron chi connectivity index (χ0n) is 13.0. The molecule has 0 bridgehead atoms. The number of hydrogen-bond acceptors (Lipinski definition) is 5.